The van der Waals surface area contributed by atoms with Crippen molar-refractivity contribution in [1.82, 2.24) is 0 Å². The molecule has 0 radical (unpaired) electrons. The molecule has 0 saturated heterocycles. The van der Waals surface area contributed by atoms with Crippen molar-refractivity contribution in [1.29, 1.82) is 0 Å². The maximum absolute atomic E-state index is 10.4. The molecule has 3 aromatic carbocycles. The molecule has 0 amide bonds. The Bertz CT molecular complexity index is 1120. The van der Waals surface area contributed by atoms with Gasteiger partial charge >= 0.3 is 0 Å². The molecule has 0 fully saturated rings. The van der Waals surface area contributed by atoms with Gasteiger partial charge in [-0.1, -0.05) is 83.3 Å². The van der Waals surface area contributed by atoms with Crippen molar-refractivity contribution >= 4 is 23.2 Å². The minimum atomic E-state index is 0. The lowest BCUT2D eigenvalue weighted by molar-refractivity contribution is -0.110. The molecule has 9 N–H and O–H groups in total. The minimum Gasteiger partial charge on any atom is -0.870 e. The number of phenols is 3. The van der Waals surface area contributed by atoms with E-state index in [4.69, 9.17) is 20.4 Å². The quantitative estimate of drug-likeness (QED) is 0.207. The van der Waals surface area contributed by atoms with Gasteiger partial charge in [-0.15, -0.1) is 0 Å². The average Bonchev–Trinajstić information content (AvgIpc) is 2.89. The molecule has 0 heterocycles. The number of thiocarbonyl (C=S) groups is 1. The Hall–Kier alpha value is -4.15. The van der Waals surface area contributed by atoms with Crippen LogP contribution >= 0.6 is 12.2 Å². The van der Waals surface area contributed by atoms with Crippen LogP contribution in [-0.4, -0.2) is 47.8 Å². The monoisotopic (exact) mass is 606 g/mol. The number of phenolic OH excluding ortho intramolecular Hbond substituents is 3. The molecule has 42 heavy (non-hydrogen) atoms. The van der Waals surface area contributed by atoms with Crippen LogP contribution < -0.4 is 0 Å². The van der Waals surface area contributed by atoms with E-state index < -0.39 is 0 Å². The first-order valence-electron chi connectivity index (χ1n) is 11.1. The zero-order valence-corrected chi connectivity index (χ0v) is 22.5. The SMILES string of the molecule is C.C.C.CC1C=CC(=O)C=C1.Cc1ccc(O)cc1.O.O.OCc1ccc(O)cc1.Oc1ccc(CN=C=S)cc1.[OH-]. The Morgan fingerprint density at radius 2 is 1.10 bits per heavy atom. The number of aliphatic hydroxyl groups is 1. The van der Waals surface area contributed by atoms with E-state index in [-0.39, 0.29) is 62.6 Å². The van der Waals surface area contributed by atoms with E-state index in [1.807, 2.05) is 38.1 Å². The molecule has 236 valence electrons. The second-order valence-electron chi connectivity index (χ2n) is 7.71. The van der Waals surface area contributed by atoms with Gasteiger partial charge in [0.05, 0.1) is 18.3 Å². The lowest BCUT2D eigenvalue weighted by Gasteiger charge is -1.99. The van der Waals surface area contributed by atoms with Crippen LogP contribution in [0, 0.1) is 12.8 Å². The predicted molar refractivity (Wildman–Crippen MR) is 176 cm³/mol. The fourth-order valence-electron chi connectivity index (χ4n) is 2.48. The number of hydrogen-bond donors (Lipinski definition) is 4. The number of carbonyl (C=O) groups excluding carboxylic acids is 1. The number of nitrogens with zero attached hydrogens (tertiary/aromatic N) is 1. The van der Waals surface area contributed by atoms with Crippen molar-refractivity contribution in [2.45, 2.75) is 49.3 Å². The molecule has 0 unspecified atom stereocenters. The van der Waals surface area contributed by atoms with Crippen LogP contribution in [0.5, 0.6) is 17.2 Å². The molecule has 0 atom stereocenters. The number of aliphatic hydroxyl groups excluding tert-OH is 1. The number of aliphatic imine (C=N–C) groups is 1. The van der Waals surface area contributed by atoms with Crippen LogP contribution in [-0.2, 0) is 17.9 Å². The molecule has 9 nitrogen and oxygen atoms in total. The number of isothiocyanates is 1. The Labute approximate surface area is 255 Å². The number of carbonyl (C=O) groups is 1. The molecule has 0 bridgehead atoms. The van der Waals surface area contributed by atoms with E-state index in [1.165, 1.54) is 5.56 Å². The van der Waals surface area contributed by atoms with Gasteiger partial charge in [0.1, 0.15) is 17.2 Å². The molecule has 3 aromatic rings. The number of aryl methyl sites for hydroxylation is 1. The molecule has 4 rings (SSSR count). The molecule has 0 aliphatic heterocycles. The van der Waals surface area contributed by atoms with Gasteiger partial charge < -0.3 is 36.9 Å². The smallest absolute Gasteiger partial charge is 0.178 e. The van der Waals surface area contributed by atoms with E-state index in [1.54, 1.807) is 72.8 Å². The van der Waals surface area contributed by atoms with Crippen LogP contribution in [0.3, 0.4) is 0 Å². The van der Waals surface area contributed by atoms with Crippen LogP contribution in [0.15, 0.2) is 102 Å². The summed E-state index contributed by atoms with van der Waals surface area (Å²) in [6.45, 7) is 4.59. The first kappa shape index (κ1) is 50.7. The van der Waals surface area contributed by atoms with Crippen molar-refractivity contribution in [3.8, 4) is 17.2 Å². The Morgan fingerprint density at radius 3 is 1.40 bits per heavy atom. The van der Waals surface area contributed by atoms with Crippen LogP contribution in [0.25, 0.3) is 0 Å². The third-order valence-electron chi connectivity index (χ3n) is 4.54. The molecule has 1 aliphatic carbocycles. The van der Waals surface area contributed by atoms with Gasteiger partial charge in [-0.05, 0) is 84.7 Å². The number of rotatable bonds is 3. The predicted octanol–water partition coefficient (Wildman–Crippen LogP) is 5.98. The standard InChI is InChI=1S/C8H7NOS.C7H8O2.2C7H8O.3CH4.3H2O/c10-8-3-1-7(2-4-8)5-9-6-11;8-5-6-1-3-7(9)4-2-6;2*1-6-2-4-7(8)5-3-6;;;;;;/h1-4,10H,5H2;1-4,8-9H,5H2;2-5,8H,1H3;2-6H,1H3;3*1H4;3*1H2/p-1. The zero-order valence-electron chi connectivity index (χ0n) is 21.7. The summed E-state index contributed by atoms with van der Waals surface area (Å²) in [5, 5.41) is 37.3. The Balaban J connectivity index is -0.0000000988. The van der Waals surface area contributed by atoms with Gasteiger partial charge in [-0.25, -0.2) is 4.99 Å². The van der Waals surface area contributed by atoms with Crippen molar-refractivity contribution in [3.05, 3.63) is 114 Å². The summed E-state index contributed by atoms with van der Waals surface area (Å²) in [5.74, 6) is 1.36. The maximum atomic E-state index is 10.4. The zero-order chi connectivity index (χ0) is 26.8. The topological polar surface area (TPSA) is 203 Å². The van der Waals surface area contributed by atoms with Gasteiger partial charge in [-0.3, -0.25) is 4.79 Å². The third kappa shape index (κ3) is 24.9. The highest BCUT2D eigenvalue weighted by Gasteiger charge is 1.98. The van der Waals surface area contributed by atoms with E-state index in [9.17, 15) is 4.79 Å². The second kappa shape index (κ2) is 29.8. The Morgan fingerprint density at radius 1 is 0.738 bits per heavy atom. The van der Waals surface area contributed by atoms with Crippen molar-refractivity contribution in [2.24, 2.45) is 10.9 Å². The number of ketones is 1. The van der Waals surface area contributed by atoms with Gasteiger partial charge in [0.15, 0.2) is 5.78 Å². The summed E-state index contributed by atoms with van der Waals surface area (Å²) in [5.41, 5.74) is 3.00. The van der Waals surface area contributed by atoms with Crippen molar-refractivity contribution in [2.75, 3.05) is 0 Å². The summed E-state index contributed by atoms with van der Waals surface area (Å²) in [6, 6.07) is 20.4. The molecule has 0 aromatic heterocycles. The third-order valence-corrected chi connectivity index (χ3v) is 4.67. The molecular formula is C32H48NO8S-. The lowest BCUT2D eigenvalue weighted by atomic mass is 10.1. The highest BCUT2D eigenvalue weighted by atomic mass is 32.1. The lowest BCUT2D eigenvalue weighted by Crippen LogP contribution is -1.95. The highest BCUT2D eigenvalue weighted by molar-refractivity contribution is 7.78. The molecular weight excluding hydrogens is 558 g/mol. The van der Waals surface area contributed by atoms with E-state index in [0.717, 1.165) is 11.1 Å². The molecule has 0 spiro atoms. The van der Waals surface area contributed by atoms with Gasteiger partial charge in [0.2, 0.25) is 0 Å². The summed E-state index contributed by atoms with van der Waals surface area (Å²) in [6.07, 6.45) is 6.99. The van der Waals surface area contributed by atoms with E-state index >= 15 is 0 Å². The maximum Gasteiger partial charge on any atom is 0.178 e. The summed E-state index contributed by atoms with van der Waals surface area (Å²) >= 11 is 4.41. The van der Waals surface area contributed by atoms with Crippen LogP contribution in [0.4, 0.5) is 0 Å². The summed E-state index contributed by atoms with van der Waals surface area (Å²) in [7, 11) is 0. The normalized spacial score (nSPS) is 9.83. The van der Waals surface area contributed by atoms with Crippen molar-refractivity contribution < 1.29 is 41.6 Å². The van der Waals surface area contributed by atoms with E-state index in [0.29, 0.717) is 18.2 Å². The van der Waals surface area contributed by atoms with E-state index in [2.05, 4.69) is 22.4 Å². The summed E-state index contributed by atoms with van der Waals surface area (Å²) < 4.78 is 0. The highest BCUT2D eigenvalue weighted by Crippen LogP contribution is 2.10. The molecule has 10 heteroatoms. The first-order valence-corrected chi connectivity index (χ1v) is 11.5. The number of allylic oxidation sites excluding steroid dienone is 4. The minimum absolute atomic E-state index is 0. The number of benzene rings is 3. The summed E-state index contributed by atoms with van der Waals surface area (Å²) in [4.78, 5) is 14.2. The van der Waals surface area contributed by atoms with Gasteiger partial charge in [-0.2, -0.15) is 0 Å². The van der Waals surface area contributed by atoms with Crippen molar-refractivity contribution in [3.63, 3.8) is 0 Å². The Kier molecular flexibility index (Phi) is 36.0. The number of hydrogen-bond acceptors (Lipinski definition) is 8. The number of aromatic hydroxyl groups is 3. The van der Waals surface area contributed by atoms with Gasteiger partial charge in [0.25, 0.3) is 0 Å². The fourth-order valence-corrected chi connectivity index (χ4v) is 2.55. The van der Waals surface area contributed by atoms with Crippen LogP contribution in [0.2, 0.25) is 0 Å². The average molecular weight is 607 g/mol. The van der Waals surface area contributed by atoms with Gasteiger partial charge in [0, 0.05) is 0 Å². The van der Waals surface area contributed by atoms with Crippen LogP contribution in [0.1, 0.15) is 45.9 Å². The largest absolute Gasteiger partial charge is 0.870 e. The second-order valence-corrected chi connectivity index (χ2v) is 7.90. The molecule has 0 saturated carbocycles. The molecule has 1 aliphatic rings. The fraction of sp³-hybridized carbons (Fsp3) is 0.250. The first-order chi connectivity index (χ1) is 17.2.